The first kappa shape index (κ1) is 14.2. The standard InChI is InChI=1S/C14H21BN2O2/c1-6-7-8-9-17-11-12(10-16-17)15-18-13(2,3)14(4,5)19-15/h1,10-11H,7-9H2,2-5H3. The Labute approximate surface area is 115 Å². The van der Waals surface area contributed by atoms with Crippen LogP contribution in [0.25, 0.3) is 0 Å². The topological polar surface area (TPSA) is 36.3 Å². The van der Waals surface area contributed by atoms with Crippen LogP contribution < -0.4 is 5.46 Å². The van der Waals surface area contributed by atoms with E-state index in [0.29, 0.717) is 0 Å². The molecule has 1 aliphatic rings. The van der Waals surface area contributed by atoms with Crippen molar-refractivity contribution in [2.75, 3.05) is 0 Å². The van der Waals surface area contributed by atoms with E-state index < -0.39 is 0 Å². The number of nitrogens with zero attached hydrogens (tertiary/aromatic N) is 2. The van der Waals surface area contributed by atoms with Crippen LogP contribution in [0.2, 0.25) is 0 Å². The van der Waals surface area contributed by atoms with Crippen molar-refractivity contribution in [3.8, 4) is 12.3 Å². The Morgan fingerprint density at radius 1 is 1.32 bits per heavy atom. The first-order valence-corrected chi connectivity index (χ1v) is 6.67. The summed E-state index contributed by atoms with van der Waals surface area (Å²) < 4.78 is 13.8. The molecule has 0 aliphatic carbocycles. The van der Waals surface area contributed by atoms with E-state index in [2.05, 4.69) is 11.0 Å². The molecule has 4 nitrogen and oxygen atoms in total. The summed E-state index contributed by atoms with van der Waals surface area (Å²) in [4.78, 5) is 0. The second-order valence-electron chi connectivity index (χ2n) is 5.93. The predicted molar refractivity (Wildman–Crippen MR) is 76.0 cm³/mol. The summed E-state index contributed by atoms with van der Waals surface area (Å²) in [5.74, 6) is 2.63. The van der Waals surface area contributed by atoms with E-state index in [4.69, 9.17) is 15.7 Å². The molecular weight excluding hydrogens is 239 g/mol. The molecule has 0 unspecified atom stereocenters. The van der Waals surface area contributed by atoms with Crippen LogP contribution in [0.15, 0.2) is 12.4 Å². The molecule has 2 rings (SSSR count). The average Bonchev–Trinajstić information content (AvgIpc) is 2.83. The van der Waals surface area contributed by atoms with Crippen molar-refractivity contribution >= 4 is 12.6 Å². The van der Waals surface area contributed by atoms with Crippen LogP contribution in [0.5, 0.6) is 0 Å². The average molecular weight is 260 g/mol. The van der Waals surface area contributed by atoms with Crippen molar-refractivity contribution in [2.45, 2.75) is 58.3 Å². The summed E-state index contributed by atoms with van der Waals surface area (Å²) in [7, 11) is -0.341. The molecule has 0 N–H and O–H groups in total. The lowest BCUT2D eigenvalue weighted by atomic mass is 9.82. The molecule has 19 heavy (non-hydrogen) atoms. The molecular formula is C14H21BN2O2. The zero-order valence-electron chi connectivity index (χ0n) is 12.1. The van der Waals surface area contributed by atoms with Gasteiger partial charge in [0.25, 0.3) is 0 Å². The Morgan fingerprint density at radius 3 is 2.53 bits per heavy atom. The summed E-state index contributed by atoms with van der Waals surface area (Å²) in [6, 6.07) is 0. The molecule has 0 aromatic carbocycles. The minimum atomic E-state index is -0.341. The van der Waals surface area contributed by atoms with Crippen LogP contribution in [-0.4, -0.2) is 28.1 Å². The molecule has 1 saturated heterocycles. The molecule has 0 bridgehead atoms. The number of hydrogen-bond donors (Lipinski definition) is 0. The summed E-state index contributed by atoms with van der Waals surface area (Å²) >= 11 is 0. The summed E-state index contributed by atoms with van der Waals surface area (Å²) in [5, 5.41) is 4.32. The van der Waals surface area contributed by atoms with E-state index in [9.17, 15) is 0 Å². The number of aryl methyl sites for hydroxylation is 1. The van der Waals surface area contributed by atoms with Crippen LogP contribution in [0.3, 0.4) is 0 Å². The first-order chi connectivity index (χ1) is 8.86. The molecule has 0 spiro atoms. The molecule has 102 valence electrons. The van der Waals surface area contributed by atoms with Crippen molar-refractivity contribution in [1.82, 2.24) is 9.78 Å². The number of hydrogen-bond acceptors (Lipinski definition) is 3. The SMILES string of the molecule is C#CCCCn1cc(B2OC(C)(C)C(C)(C)O2)cn1. The minimum Gasteiger partial charge on any atom is -0.399 e. The van der Waals surface area contributed by atoms with Gasteiger partial charge in [-0.3, -0.25) is 4.68 Å². The third kappa shape index (κ3) is 2.85. The van der Waals surface area contributed by atoms with Gasteiger partial charge in [-0.15, -0.1) is 12.3 Å². The van der Waals surface area contributed by atoms with Crippen molar-refractivity contribution in [2.24, 2.45) is 0 Å². The van der Waals surface area contributed by atoms with E-state index in [1.807, 2.05) is 38.6 Å². The number of terminal acetylenes is 1. The highest BCUT2D eigenvalue weighted by Gasteiger charge is 2.52. The maximum atomic E-state index is 5.98. The molecule has 0 radical (unpaired) electrons. The Kier molecular flexibility index (Phi) is 3.75. The molecule has 1 aromatic rings. The maximum Gasteiger partial charge on any atom is 0.498 e. The highest BCUT2D eigenvalue weighted by Crippen LogP contribution is 2.36. The lowest BCUT2D eigenvalue weighted by molar-refractivity contribution is 0.00578. The maximum absolute atomic E-state index is 5.98. The van der Waals surface area contributed by atoms with Crippen molar-refractivity contribution in [1.29, 1.82) is 0 Å². The second kappa shape index (κ2) is 5.03. The quantitative estimate of drug-likeness (QED) is 0.468. The number of aromatic nitrogens is 2. The highest BCUT2D eigenvalue weighted by atomic mass is 16.7. The van der Waals surface area contributed by atoms with Gasteiger partial charge >= 0.3 is 7.12 Å². The van der Waals surface area contributed by atoms with Gasteiger partial charge in [-0.05, 0) is 34.1 Å². The largest absolute Gasteiger partial charge is 0.498 e. The molecule has 5 heteroatoms. The summed E-state index contributed by atoms with van der Waals surface area (Å²) in [6.07, 6.45) is 10.7. The smallest absolute Gasteiger partial charge is 0.399 e. The van der Waals surface area contributed by atoms with Crippen LogP contribution in [0.4, 0.5) is 0 Å². The summed E-state index contributed by atoms with van der Waals surface area (Å²) in [6.45, 7) is 9.01. The fourth-order valence-corrected chi connectivity index (χ4v) is 1.95. The normalized spacial score (nSPS) is 20.5. The Morgan fingerprint density at radius 2 is 1.95 bits per heavy atom. The van der Waals surface area contributed by atoms with Gasteiger partial charge in [0.1, 0.15) is 0 Å². The van der Waals surface area contributed by atoms with Gasteiger partial charge < -0.3 is 9.31 Å². The highest BCUT2D eigenvalue weighted by molar-refractivity contribution is 6.61. The lowest BCUT2D eigenvalue weighted by Gasteiger charge is -2.32. The third-order valence-corrected chi connectivity index (χ3v) is 3.89. The monoisotopic (exact) mass is 260 g/mol. The Bertz CT molecular complexity index is 472. The van der Waals surface area contributed by atoms with Gasteiger partial charge in [-0.2, -0.15) is 5.10 Å². The van der Waals surface area contributed by atoms with E-state index in [1.54, 1.807) is 6.20 Å². The van der Waals surface area contributed by atoms with Gasteiger partial charge in [-0.1, -0.05) is 0 Å². The first-order valence-electron chi connectivity index (χ1n) is 6.67. The Balaban J connectivity index is 2.03. The summed E-state index contributed by atoms with van der Waals surface area (Å²) in [5.41, 5.74) is 0.325. The van der Waals surface area contributed by atoms with Crippen LogP contribution in [0, 0.1) is 12.3 Å². The number of unbranched alkanes of at least 4 members (excludes halogenated alkanes) is 1. The van der Waals surface area contributed by atoms with Gasteiger partial charge in [0.05, 0.1) is 11.2 Å². The van der Waals surface area contributed by atoms with E-state index >= 15 is 0 Å². The molecule has 0 amide bonds. The van der Waals surface area contributed by atoms with Gasteiger partial charge in [0, 0.05) is 30.8 Å². The predicted octanol–water partition coefficient (Wildman–Crippen LogP) is 1.60. The van der Waals surface area contributed by atoms with Gasteiger partial charge in [0.2, 0.25) is 0 Å². The molecule has 2 heterocycles. The van der Waals surface area contributed by atoms with Crippen LogP contribution in [-0.2, 0) is 15.9 Å². The molecule has 0 atom stereocenters. The van der Waals surface area contributed by atoms with E-state index in [1.165, 1.54) is 0 Å². The van der Waals surface area contributed by atoms with Crippen molar-refractivity contribution in [3.63, 3.8) is 0 Å². The Hall–Kier alpha value is -1.25. The fraction of sp³-hybridized carbons (Fsp3) is 0.643. The fourth-order valence-electron chi connectivity index (χ4n) is 1.95. The van der Waals surface area contributed by atoms with Gasteiger partial charge in [0.15, 0.2) is 0 Å². The second-order valence-corrected chi connectivity index (χ2v) is 5.93. The van der Waals surface area contributed by atoms with Crippen molar-refractivity contribution in [3.05, 3.63) is 12.4 Å². The van der Waals surface area contributed by atoms with E-state index in [0.717, 1.165) is 24.8 Å². The molecule has 1 aromatic heterocycles. The van der Waals surface area contributed by atoms with E-state index in [-0.39, 0.29) is 18.3 Å². The molecule has 0 saturated carbocycles. The zero-order chi connectivity index (χ0) is 14.1. The minimum absolute atomic E-state index is 0.316. The lowest BCUT2D eigenvalue weighted by Crippen LogP contribution is -2.41. The van der Waals surface area contributed by atoms with Crippen molar-refractivity contribution < 1.29 is 9.31 Å². The molecule has 1 fully saturated rings. The number of rotatable bonds is 4. The third-order valence-electron chi connectivity index (χ3n) is 3.89. The van der Waals surface area contributed by atoms with Gasteiger partial charge in [-0.25, -0.2) is 0 Å². The zero-order valence-corrected chi connectivity index (χ0v) is 12.1. The molecule has 1 aliphatic heterocycles. The van der Waals surface area contributed by atoms with Crippen LogP contribution >= 0.6 is 0 Å². The van der Waals surface area contributed by atoms with Crippen LogP contribution in [0.1, 0.15) is 40.5 Å².